The van der Waals surface area contributed by atoms with Crippen LogP contribution in [0.3, 0.4) is 0 Å². The maximum atomic E-state index is 15.1. The van der Waals surface area contributed by atoms with E-state index in [1.165, 1.54) is 24.3 Å². The van der Waals surface area contributed by atoms with Crippen molar-refractivity contribution in [3.05, 3.63) is 78.4 Å². The van der Waals surface area contributed by atoms with E-state index in [1.54, 1.807) is 0 Å². The first-order valence-electron chi connectivity index (χ1n) is 13.7. The van der Waals surface area contributed by atoms with Gasteiger partial charge in [0.2, 0.25) is 5.91 Å². The van der Waals surface area contributed by atoms with E-state index in [0.717, 1.165) is 64.1 Å². The van der Waals surface area contributed by atoms with Crippen LogP contribution in [0.25, 0.3) is 17.1 Å². The third-order valence-corrected chi connectivity index (χ3v) is 9.04. The van der Waals surface area contributed by atoms with Crippen LogP contribution in [0.2, 0.25) is 0 Å². The molecule has 1 N–H and O–H groups in total. The van der Waals surface area contributed by atoms with Crippen molar-refractivity contribution in [3.63, 3.8) is 0 Å². The van der Waals surface area contributed by atoms with Crippen LogP contribution < -0.4 is 15.0 Å². The van der Waals surface area contributed by atoms with Crippen LogP contribution in [0.4, 0.5) is 46.9 Å². The van der Waals surface area contributed by atoms with Gasteiger partial charge in [0.05, 0.1) is 52.4 Å². The number of benzene rings is 3. The van der Waals surface area contributed by atoms with Gasteiger partial charge in [0, 0.05) is 5.56 Å². The first-order valence-corrected chi connectivity index (χ1v) is 16.2. The quantitative estimate of drug-likeness (QED) is 0.206. The van der Waals surface area contributed by atoms with Gasteiger partial charge in [-0.1, -0.05) is 11.8 Å². The minimum atomic E-state index is -5.56. The Balaban J connectivity index is 1.31. The maximum absolute atomic E-state index is 15.1. The normalized spacial score (nSPS) is 14.6. The Morgan fingerprint density at radius 2 is 1.78 bits per heavy atom. The van der Waals surface area contributed by atoms with Crippen LogP contribution in [-0.4, -0.2) is 64.3 Å². The molecule has 1 aromatic heterocycles. The van der Waals surface area contributed by atoms with Crippen molar-refractivity contribution < 1.29 is 53.5 Å². The highest BCUT2D eigenvalue weighted by molar-refractivity contribution is 8.15. The Kier molecular flexibility index (Phi) is 9.88. The second-order valence-corrected chi connectivity index (χ2v) is 12.9. The van der Waals surface area contributed by atoms with Crippen molar-refractivity contribution >= 4 is 50.1 Å². The number of nitriles is 1. The number of amides is 3. The van der Waals surface area contributed by atoms with Crippen molar-refractivity contribution in [1.29, 1.82) is 5.26 Å². The van der Waals surface area contributed by atoms with E-state index in [2.05, 4.69) is 20.4 Å². The summed E-state index contributed by atoms with van der Waals surface area (Å²) in [7, 11) is -5.56. The lowest BCUT2D eigenvalue weighted by molar-refractivity contribution is -0.139. The molecule has 0 atom stereocenters. The summed E-state index contributed by atoms with van der Waals surface area (Å²) in [6.45, 7) is -0.791. The zero-order valence-corrected chi connectivity index (χ0v) is 26.3. The third kappa shape index (κ3) is 7.86. The fraction of sp³-hybridized carbons (Fsp3) is 0.172. The number of nitrogens with one attached hydrogen (secondary N) is 1. The monoisotopic (exact) mass is 741 g/mol. The number of ether oxygens (including phenoxy) is 1. The lowest BCUT2D eigenvalue weighted by Gasteiger charge is -2.20. The largest absolute Gasteiger partial charge is 0.501 e. The molecule has 0 aliphatic carbocycles. The van der Waals surface area contributed by atoms with Crippen LogP contribution in [0.5, 0.6) is 5.75 Å². The molecule has 21 heteroatoms. The topological polar surface area (TPSA) is 160 Å². The van der Waals surface area contributed by atoms with Crippen molar-refractivity contribution in [2.45, 2.75) is 23.0 Å². The zero-order chi connectivity index (χ0) is 36.4. The molecule has 0 saturated carbocycles. The molecule has 0 unspecified atom stereocenters. The summed E-state index contributed by atoms with van der Waals surface area (Å²) in [5.74, 6) is -2.03. The molecule has 3 amide bonds. The van der Waals surface area contributed by atoms with Gasteiger partial charge < -0.3 is 10.1 Å². The van der Waals surface area contributed by atoms with Crippen LogP contribution in [0.15, 0.2) is 76.9 Å². The number of anilines is 2. The van der Waals surface area contributed by atoms with Crippen LogP contribution in [-0.2, 0) is 14.6 Å². The average molecular weight is 742 g/mol. The number of aliphatic imine (C=N–C) groups is 1. The standard InChI is InChI=1S/C29H18F7N7O5S2/c30-20-12-17(25-38-15-42(41-25)18-3-5-19(6-4-18)50(46,47)29(34,35)36)2-7-21(20)39-26(45)40-27-43(24(44)14-49-27)22-11-16(13-37)1-8-23(22)48-10-9-28(31,32)33/h1-8,11-12,15H,9-10,14H2,(H,39,45). The molecule has 50 heavy (non-hydrogen) atoms. The predicted molar refractivity (Wildman–Crippen MR) is 164 cm³/mol. The summed E-state index contributed by atoms with van der Waals surface area (Å²) < 4.78 is 121. The molecule has 0 radical (unpaired) electrons. The SMILES string of the molecule is N#Cc1ccc(OCCC(F)(F)F)c(N2C(=O)CSC2=NC(=O)Nc2ccc(-c3ncn(-c4ccc(S(=O)(=O)C(F)(F)F)cc4)n3)cc2F)c1. The van der Waals surface area contributed by atoms with Gasteiger partial charge in [0.1, 0.15) is 17.9 Å². The summed E-state index contributed by atoms with van der Waals surface area (Å²) in [4.78, 5) is 33.3. The Morgan fingerprint density at radius 1 is 1.06 bits per heavy atom. The number of amidine groups is 1. The molecule has 12 nitrogen and oxygen atoms in total. The van der Waals surface area contributed by atoms with Gasteiger partial charge in [-0.3, -0.25) is 9.69 Å². The van der Waals surface area contributed by atoms with E-state index < -0.39 is 57.2 Å². The number of halogens is 7. The molecule has 4 aromatic rings. The highest BCUT2D eigenvalue weighted by atomic mass is 32.2. The van der Waals surface area contributed by atoms with E-state index >= 15 is 4.39 Å². The second kappa shape index (κ2) is 13.8. The van der Waals surface area contributed by atoms with Crippen molar-refractivity contribution in [1.82, 2.24) is 14.8 Å². The number of thioether (sulfide) groups is 1. The number of hydrogen-bond donors (Lipinski definition) is 1. The van der Waals surface area contributed by atoms with Gasteiger partial charge in [0.25, 0.3) is 9.84 Å². The minimum Gasteiger partial charge on any atom is -0.491 e. The zero-order valence-electron chi connectivity index (χ0n) is 24.7. The molecular formula is C29H18F7N7O5S2. The molecular weight excluding hydrogens is 723 g/mol. The van der Waals surface area contributed by atoms with Gasteiger partial charge in [-0.15, -0.1) is 5.10 Å². The maximum Gasteiger partial charge on any atom is 0.501 e. The number of urea groups is 1. The van der Waals surface area contributed by atoms with Crippen molar-refractivity contribution in [3.8, 4) is 28.9 Å². The predicted octanol–water partition coefficient (Wildman–Crippen LogP) is 6.24. The fourth-order valence-electron chi connectivity index (χ4n) is 4.26. The fourth-order valence-corrected chi connectivity index (χ4v) is 5.88. The summed E-state index contributed by atoms with van der Waals surface area (Å²) >= 11 is 0.805. The lowest BCUT2D eigenvalue weighted by Crippen LogP contribution is -2.31. The molecule has 0 bridgehead atoms. The molecule has 0 spiro atoms. The molecule has 1 aliphatic rings. The summed E-state index contributed by atoms with van der Waals surface area (Å²) in [6.07, 6.45) is -4.66. The number of carbonyl (C=O) groups excluding carboxylic acids is 2. The average Bonchev–Trinajstić information content (AvgIpc) is 3.68. The molecule has 1 saturated heterocycles. The molecule has 5 rings (SSSR count). The number of carbonyl (C=O) groups is 2. The number of rotatable bonds is 8. The number of aromatic nitrogens is 3. The summed E-state index contributed by atoms with van der Waals surface area (Å²) in [5.41, 5.74) is -5.68. The molecule has 3 aromatic carbocycles. The molecule has 1 aliphatic heterocycles. The van der Waals surface area contributed by atoms with Gasteiger partial charge in [-0.25, -0.2) is 27.3 Å². The number of nitrogens with zero attached hydrogens (tertiary/aromatic N) is 6. The van der Waals surface area contributed by atoms with Crippen LogP contribution in [0, 0.1) is 17.1 Å². The van der Waals surface area contributed by atoms with Gasteiger partial charge >= 0.3 is 17.7 Å². The Labute approximate surface area is 281 Å². The number of alkyl halides is 6. The second-order valence-electron chi connectivity index (χ2n) is 10.0. The van der Waals surface area contributed by atoms with E-state index in [4.69, 9.17) is 4.74 Å². The van der Waals surface area contributed by atoms with Gasteiger partial charge in [-0.2, -0.15) is 36.6 Å². The van der Waals surface area contributed by atoms with Gasteiger partial charge in [-0.05, 0) is 60.7 Å². The van der Waals surface area contributed by atoms with Crippen LogP contribution in [0.1, 0.15) is 12.0 Å². The summed E-state index contributed by atoms with van der Waals surface area (Å²) in [5, 5.41) is 15.4. The highest BCUT2D eigenvalue weighted by Crippen LogP contribution is 2.36. The summed E-state index contributed by atoms with van der Waals surface area (Å²) in [6, 6.07) is 11.4. The van der Waals surface area contributed by atoms with Crippen molar-refractivity contribution in [2.24, 2.45) is 4.99 Å². The first kappa shape index (κ1) is 35.8. The Bertz CT molecular complexity index is 2150. The Hall–Kier alpha value is -5.49. The van der Waals surface area contributed by atoms with Crippen LogP contribution >= 0.6 is 11.8 Å². The smallest absolute Gasteiger partial charge is 0.491 e. The third-order valence-electron chi connectivity index (χ3n) is 6.61. The van der Waals surface area contributed by atoms with E-state index in [0.29, 0.717) is 0 Å². The number of hydrogen-bond acceptors (Lipinski definition) is 9. The van der Waals surface area contributed by atoms with E-state index in [-0.39, 0.29) is 50.7 Å². The number of sulfone groups is 1. The minimum absolute atomic E-state index is 0.0347. The Morgan fingerprint density at radius 3 is 2.42 bits per heavy atom. The molecule has 260 valence electrons. The van der Waals surface area contributed by atoms with E-state index in [1.807, 2.05) is 6.07 Å². The molecule has 1 fully saturated rings. The van der Waals surface area contributed by atoms with E-state index in [9.17, 15) is 49.6 Å². The molecule has 2 heterocycles. The van der Waals surface area contributed by atoms with Crippen molar-refractivity contribution in [2.75, 3.05) is 22.6 Å². The highest BCUT2D eigenvalue weighted by Gasteiger charge is 2.46. The first-order chi connectivity index (χ1) is 23.5. The van der Waals surface area contributed by atoms with Gasteiger partial charge in [0.15, 0.2) is 11.0 Å². The lowest BCUT2D eigenvalue weighted by atomic mass is 10.2.